The summed E-state index contributed by atoms with van der Waals surface area (Å²) in [5.74, 6) is 1.99. The summed E-state index contributed by atoms with van der Waals surface area (Å²) in [5, 5.41) is 2.81. The number of hydrogen-bond acceptors (Lipinski definition) is 5. The first kappa shape index (κ1) is 16.6. The Morgan fingerprint density at radius 2 is 1.96 bits per heavy atom. The fourth-order valence-electron chi connectivity index (χ4n) is 2.54. The van der Waals surface area contributed by atoms with E-state index in [9.17, 15) is 4.79 Å². The molecule has 0 atom stereocenters. The van der Waals surface area contributed by atoms with Crippen molar-refractivity contribution in [3.8, 4) is 11.7 Å². The lowest BCUT2D eigenvalue weighted by molar-refractivity contribution is -0.115. The van der Waals surface area contributed by atoms with E-state index in [1.807, 2.05) is 32.0 Å². The molecule has 0 fully saturated rings. The quantitative estimate of drug-likeness (QED) is 0.773. The number of imidazole rings is 1. The van der Waals surface area contributed by atoms with Gasteiger partial charge >= 0.3 is 0 Å². The van der Waals surface area contributed by atoms with Gasteiger partial charge in [0.2, 0.25) is 11.9 Å². The van der Waals surface area contributed by atoms with Crippen LogP contribution in [0.2, 0.25) is 0 Å². The number of ether oxygens (including phenoxy) is 1. The van der Waals surface area contributed by atoms with E-state index in [1.54, 1.807) is 36.5 Å². The highest BCUT2D eigenvalue weighted by atomic mass is 16.5. The van der Waals surface area contributed by atoms with Crippen LogP contribution in [0.3, 0.4) is 0 Å². The zero-order chi connectivity index (χ0) is 17.8. The Kier molecular flexibility index (Phi) is 4.74. The minimum Gasteiger partial charge on any atom is -0.496 e. The fraction of sp³-hybridized carbons (Fsp3) is 0.222. The van der Waals surface area contributed by atoms with E-state index >= 15 is 0 Å². The van der Waals surface area contributed by atoms with E-state index < -0.39 is 0 Å². The smallest absolute Gasteiger partial charge is 0.235 e. The van der Waals surface area contributed by atoms with Gasteiger partial charge in [0.1, 0.15) is 11.6 Å². The van der Waals surface area contributed by atoms with Gasteiger partial charge in [-0.05, 0) is 31.0 Å². The third kappa shape index (κ3) is 3.82. The molecule has 0 saturated heterocycles. The van der Waals surface area contributed by atoms with Crippen molar-refractivity contribution in [1.82, 2.24) is 19.5 Å². The third-order valence-corrected chi connectivity index (χ3v) is 3.79. The van der Waals surface area contributed by atoms with E-state index in [1.165, 1.54) is 0 Å². The summed E-state index contributed by atoms with van der Waals surface area (Å²) in [4.78, 5) is 24.9. The summed E-state index contributed by atoms with van der Waals surface area (Å²) in [6.07, 6.45) is 6.91. The van der Waals surface area contributed by atoms with Crippen molar-refractivity contribution in [3.63, 3.8) is 0 Å². The first-order chi connectivity index (χ1) is 12.1. The number of amides is 1. The predicted octanol–water partition coefficient (Wildman–Crippen LogP) is 2.47. The van der Waals surface area contributed by atoms with Crippen molar-refractivity contribution in [1.29, 1.82) is 0 Å². The van der Waals surface area contributed by atoms with Crippen LogP contribution >= 0.6 is 0 Å². The van der Waals surface area contributed by atoms with Crippen LogP contribution in [0.1, 0.15) is 17.0 Å². The molecular formula is C18H19N5O2. The molecule has 2 aromatic heterocycles. The van der Waals surface area contributed by atoms with Crippen molar-refractivity contribution in [2.24, 2.45) is 0 Å². The molecule has 25 heavy (non-hydrogen) atoms. The zero-order valence-electron chi connectivity index (χ0n) is 14.4. The SMILES string of the molecule is COc1ccc(CC(=O)Nc2cnc(-n3ccnc3C)nc2)cc1C. The molecule has 1 N–H and O–H groups in total. The number of anilines is 1. The topological polar surface area (TPSA) is 81.9 Å². The minimum atomic E-state index is -0.125. The van der Waals surface area contributed by atoms with E-state index in [2.05, 4.69) is 20.3 Å². The van der Waals surface area contributed by atoms with Gasteiger partial charge in [0.15, 0.2) is 0 Å². The van der Waals surface area contributed by atoms with Crippen LogP contribution in [0.25, 0.3) is 5.95 Å². The molecule has 0 spiro atoms. The van der Waals surface area contributed by atoms with Crippen LogP contribution in [-0.4, -0.2) is 32.5 Å². The second kappa shape index (κ2) is 7.12. The van der Waals surface area contributed by atoms with Gasteiger partial charge in [-0.1, -0.05) is 12.1 Å². The molecule has 0 aliphatic rings. The Balaban J connectivity index is 1.65. The van der Waals surface area contributed by atoms with Crippen molar-refractivity contribution >= 4 is 11.6 Å². The number of carbonyl (C=O) groups is 1. The fourth-order valence-corrected chi connectivity index (χ4v) is 2.54. The molecule has 0 aliphatic heterocycles. The van der Waals surface area contributed by atoms with Crippen molar-refractivity contribution in [2.45, 2.75) is 20.3 Å². The van der Waals surface area contributed by atoms with Gasteiger partial charge in [0.25, 0.3) is 0 Å². The normalized spacial score (nSPS) is 10.5. The summed E-state index contributed by atoms with van der Waals surface area (Å²) in [5.41, 5.74) is 2.47. The molecule has 0 unspecified atom stereocenters. The molecule has 2 heterocycles. The Morgan fingerprint density at radius 1 is 1.20 bits per heavy atom. The maximum Gasteiger partial charge on any atom is 0.235 e. The average Bonchev–Trinajstić information content (AvgIpc) is 3.02. The number of nitrogens with zero attached hydrogens (tertiary/aromatic N) is 4. The number of aryl methyl sites for hydroxylation is 2. The largest absolute Gasteiger partial charge is 0.496 e. The molecule has 0 radical (unpaired) electrons. The zero-order valence-corrected chi connectivity index (χ0v) is 14.4. The lowest BCUT2D eigenvalue weighted by Gasteiger charge is -2.08. The Hall–Kier alpha value is -3.22. The maximum atomic E-state index is 12.2. The number of rotatable bonds is 5. The first-order valence-corrected chi connectivity index (χ1v) is 7.82. The lowest BCUT2D eigenvalue weighted by Crippen LogP contribution is -2.15. The van der Waals surface area contributed by atoms with Crippen LogP contribution in [0, 0.1) is 13.8 Å². The van der Waals surface area contributed by atoms with E-state index in [4.69, 9.17) is 4.74 Å². The summed E-state index contributed by atoms with van der Waals surface area (Å²) in [6, 6.07) is 5.69. The summed E-state index contributed by atoms with van der Waals surface area (Å²) >= 11 is 0. The van der Waals surface area contributed by atoms with Gasteiger partial charge in [0.05, 0.1) is 31.6 Å². The average molecular weight is 337 g/mol. The highest BCUT2D eigenvalue weighted by molar-refractivity contribution is 5.92. The Bertz CT molecular complexity index is 887. The number of benzene rings is 1. The van der Waals surface area contributed by atoms with Gasteiger partial charge in [0, 0.05) is 12.4 Å². The molecule has 0 bridgehead atoms. The van der Waals surface area contributed by atoms with Crippen LogP contribution in [0.15, 0.2) is 43.0 Å². The van der Waals surface area contributed by atoms with Crippen LogP contribution in [-0.2, 0) is 11.2 Å². The number of nitrogens with one attached hydrogen (secondary N) is 1. The molecule has 7 nitrogen and oxygen atoms in total. The van der Waals surface area contributed by atoms with E-state index in [0.717, 1.165) is 22.7 Å². The Morgan fingerprint density at radius 3 is 2.56 bits per heavy atom. The second-order valence-corrected chi connectivity index (χ2v) is 5.65. The lowest BCUT2D eigenvalue weighted by atomic mass is 10.1. The number of aromatic nitrogens is 4. The van der Waals surface area contributed by atoms with Crippen molar-refractivity contribution < 1.29 is 9.53 Å². The maximum absolute atomic E-state index is 12.2. The molecule has 0 saturated carbocycles. The molecular weight excluding hydrogens is 318 g/mol. The molecule has 1 amide bonds. The highest BCUT2D eigenvalue weighted by Crippen LogP contribution is 2.19. The van der Waals surface area contributed by atoms with Gasteiger partial charge in [-0.2, -0.15) is 0 Å². The van der Waals surface area contributed by atoms with Crippen LogP contribution in [0.5, 0.6) is 5.75 Å². The van der Waals surface area contributed by atoms with Gasteiger partial charge < -0.3 is 10.1 Å². The summed E-state index contributed by atoms with van der Waals surface area (Å²) in [7, 11) is 1.63. The molecule has 128 valence electrons. The number of carbonyl (C=O) groups excluding carboxylic acids is 1. The van der Waals surface area contributed by atoms with E-state index in [0.29, 0.717) is 11.6 Å². The van der Waals surface area contributed by atoms with Crippen molar-refractivity contribution in [3.05, 3.63) is 59.9 Å². The minimum absolute atomic E-state index is 0.125. The first-order valence-electron chi connectivity index (χ1n) is 7.82. The number of methoxy groups -OCH3 is 1. The summed E-state index contributed by atoms with van der Waals surface area (Å²) in [6.45, 7) is 3.82. The monoisotopic (exact) mass is 337 g/mol. The van der Waals surface area contributed by atoms with E-state index in [-0.39, 0.29) is 12.3 Å². The summed E-state index contributed by atoms with van der Waals surface area (Å²) < 4.78 is 7.00. The van der Waals surface area contributed by atoms with Crippen LogP contribution < -0.4 is 10.1 Å². The molecule has 7 heteroatoms. The highest BCUT2D eigenvalue weighted by Gasteiger charge is 2.08. The standard InChI is InChI=1S/C18H19N5O2/c1-12-8-14(4-5-16(12)25-3)9-17(24)22-15-10-20-18(21-11-15)23-7-6-19-13(23)2/h4-8,10-11H,9H2,1-3H3,(H,22,24). The van der Waals surface area contributed by atoms with Crippen LogP contribution in [0.4, 0.5) is 5.69 Å². The molecule has 3 rings (SSSR count). The third-order valence-electron chi connectivity index (χ3n) is 3.79. The second-order valence-electron chi connectivity index (χ2n) is 5.65. The molecule has 3 aromatic rings. The number of hydrogen-bond donors (Lipinski definition) is 1. The van der Waals surface area contributed by atoms with Gasteiger partial charge in [-0.3, -0.25) is 9.36 Å². The Labute approximate surface area is 145 Å². The van der Waals surface area contributed by atoms with Gasteiger partial charge in [-0.25, -0.2) is 15.0 Å². The van der Waals surface area contributed by atoms with Crippen molar-refractivity contribution in [2.75, 3.05) is 12.4 Å². The van der Waals surface area contributed by atoms with Gasteiger partial charge in [-0.15, -0.1) is 0 Å². The predicted molar refractivity (Wildman–Crippen MR) is 94.0 cm³/mol. The molecule has 0 aliphatic carbocycles. The molecule has 1 aromatic carbocycles.